The Morgan fingerprint density at radius 1 is 1.10 bits per heavy atom. The molecule has 0 unspecified atom stereocenters. The summed E-state index contributed by atoms with van der Waals surface area (Å²) >= 11 is 0. The van der Waals surface area contributed by atoms with Crippen LogP contribution < -0.4 is 10.6 Å². The molecule has 0 fully saturated rings. The highest BCUT2D eigenvalue weighted by atomic mass is 16.1. The molecular weight excluding hydrogens is 260 g/mol. The van der Waals surface area contributed by atoms with Gasteiger partial charge < -0.3 is 10.6 Å². The minimum Gasteiger partial charge on any atom is -0.381 e. The molecule has 2 rings (SSSR count). The van der Waals surface area contributed by atoms with Crippen LogP contribution in [0.4, 0.5) is 5.69 Å². The topological polar surface area (TPSA) is 41.1 Å². The van der Waals surface area contributed by atoms with Crippen molar-refractivity contribution in [1.82, 2.24) is 5.32 Å². The van der Waals surface area contributed by atoms with Gasteiger partial charge in [0.2, 0.25) is 0 Å². The standard InChI is InChI=1S/C18H22N2O/c1-12-8-9-15(13(2)10-12)11-20-17-7-5-6-16(14(17)3)18(21)19-4/h5-10,20H,11H2,1-4H3,(H,19,21). The maximum absolute atomic E-state index is 11.8. The molecule has 0 spiro atoms. The lowest BCUT2D eigenvalue weighted by Crippen LogP contribution is -2.19. The van der Waals surface area contributed by atoms with E-state index in [1.54, 1.807) is 7.05 Å². The highest BCUT2D eigenvalue weighted by Gasteiger charge is 2.10. The molecule has 2 N–H and O–H groups in total. The number of anilines is 1. The van der Waals surface area contributed by atoms with E-state index in [9.17, 15) is 4.79 Å². The molecule has 1 amide bonds. The van der Waals surface area contributed by atoms with Crippen LogP contribution in [0.25, 0.3) is 0 Å². The zero-order valence-electron chi connectivity index (χ0n) is 13.1. The van der Waals surface area contributed by atoms with Crippen molar-refractivity contribution >= 4 is 11.6 Å². The van der Waals surface area contributed by atoms with Gasteiger partial charge in [0.25, 0.3) is 5.91 Å². The minimum absolute atomic E-state index is 0.0531. The van der Waals surface area contributed by atoms with Gasteiger partial charge in [-0.3, -0.25) is 4.79 Å². The third-order valence-corrected chi connectivity index (χ3v) is 3.77. The van der Waals surface area contributed by atoms with Crippen molar-refractivity contribution in [3.8, 4) is 0 Å². The third kappa shape index (κ3) is 3.43. The average molecular weight is 282 g/mol. The first-order valence-corrected chi connectivity index (χ1v) is 7.14. The van der Waals surface area contributed by atoms with Gasteiger partial charge in [0, 0.05) is 24.8 Å². The second-order valence-corrected chi connectivity index (χ2v) is 5.34. The summed E-state index contributed by atoms with van der Waals surface area (Å²) in [6, 6.07) is 12.2. The Morgan fingerprint density at radius 3 is 2.52 bits per heavy atom. The molecule has 3 nitrogen and oxygen atoms in total. The Balaban J connectivity index is 2.18. The molecule has 0 bridgehead atoms. The van der Waals surface area contributed by atoms with Gasteiger partial charge in [-0.25, -0.2) is 0 Å². The van der Waals surface area contributed by atoms with E-state index in [4.69, 9.17) is 0 Å². The molecular formula is C18H22N2O. The highest BCUT2D eigenvalue weighted by molar-refractivity contribution is 5.96. The van der Waals surface area contributed by atoms with Gasteiger partial charge in [0.05, 0.1) is 0 Å². The molecule has 0 aliphatic heterocycles. The van der Waals surface area contributed by atoms with E-state index in [1.165, 1.54) is 16.7 Å². The summed E-state index contributed by atoms with van der Waals surface area (Å²) in [6.45, 7) is 6.94. The van der Waals surface area contributed by atoms with E-state index in [0.717, 1.165) is 17.8 Å². The van der Waals surface area contributed by atoms with Crippen LogP contribution in [-0.4, -0.2) is 13.0 Å². The smallest absolute Gasteiger partial charge is 0.251 e. The number of aryl methyl sites for hydroxylation is 2. The molecule has 0 aromatic heterocycles. The van der Waals surface area contributed by atoms with E-state index >= 15 is 0 Å². The number of carbonyl (C=O) groups excluding carboxylic acids is 1. The molecule has 3 heteroatoms. The van der Waals surface area contributed by atoms with Crippen LogP contribution in [0.15, 0.2) is 36.4 Å². The number of hydrogen-bond donors (Lipinski definition) is 2. The lowest BCUT2D eigenvalue weighted by molar-refractivity contribution is 0.0962. The summed E-state index contributed by atoms with van der Waals surface area (Å²) in [5.41, 5.74) is 6.50. The van der Waals surface area contributed by atoms with Crippen molar-refractivity contribution < 1.29 is 4.79 Å². The van der Waals surface area contributed by atoms with E-state index in [-0.39, 0.29) is 5.91 Å². The second kappa shape index (κ2) is 6.44. The van der Waals surface area contributed by atoms with Gasteiger partial charge in [0.15, 0.2) is 0 Å². The van der Waals surface area contributed by atoms with Crippen LogP contribution in [0.2, 0.25) is 0 Å². The van der Waals surface area contributed by atoms with Crippen LogP contribution in [0.3, 0.4) is 0 Å². The summed E-state index contributed by atoms with van der Waals surface area (Å²) in [5, 5.41) is 6.10. The van der Waals surface area contributed by atoms with Gasteiger partial charge in [-0.2, -0.15) is 0 Å². The molecule has 0 heterocycles. The Hall–Kier alpha value is -2.29. The molecule has 0 saturated carbocycles. The number of rotatable bonds is 4. The first-order chi connectivity index (χ1) is 10.0. The minimum atomic E-state index is -0.0531. The van der Waals surface area contributed by atoms with Gasteiger partial charge in [0.1, 0.15) is 0 Å². The van der Waals surface area contributed by atoms with Gasteiger partial charge >= 0.3 is 0 Å². The number of hydrogen-bond acceptors (Lipinski definition) is 2. The van der Waals surface area contributed by atoms with Crippen molar-refractivity contribution in [3.05, 3.63) is 64.2 Å². The SMILES string of the molecule is CNC(=O)c1cccc(NCc2ccc(C)cc2C)c1C. The molecule has 2 aromatic carbocycles. The number of amides is 1. The van der Waals surface area contributed by atoms with Crippen molar-refractivity contribution in [2.45, 2.75) is 27.3 Å². The Labute approximate surface area is 126 Å². The number of benzene rings is 2. The summed E-state index contributed by atoms with van der Waals surface area (Å²) in [7, 11) is 1.65. The Morgan fingerprint density at radius 2 is 1.86 bits per heavy atom. The van der Waals surface area contributed by atoms with Crippen molar-refractivity contribution in [3.63, 3.8) is 0 Å². The fourth-order valence-electron chi connectivity index (χ4n) is 2.44. The van der Waals surface area contributed by atoms with E-state index in [0.29, 0.717) is 5.56 Å². The molecule has 0 aliphatic carbocycles. The lowest BCUT2D eigenvalue weighted by Gasteiger charge is -2.14. The maximum atomic E-state index is 11.8. The highest BCUT2D eigenvalue weighted by Crippen LogP contribution is 2.20. The molecule has 2 aromatic rings. The summed E-state index contributed by atoms with van der Waals surface area (Å²) in [5.74, 6) is -0.0531. The Bertz CT molecular complexity index is 662. The number of carbonyl (C=O) groups is 1. The molecule has 110 valence electrons. The van der Waals surface area contributed by atoms with E-state index in [1.807, 2.05) is 25.1 Å². The van der Waals surface area contributed by atoms with Crippen LogP contribution in [0, 0.1) is 20.8 Å². The van der Waals surface area contributed by atoms with Gasteiger partial charge in [-0.15, -0.1) is 0 Å². The second-order valence-electron chi connectivity index (χ2n) is 5.34. The predicted octanol–water partition coefficient (Wildman–Crippen LogP) is 3.58. The van der Waals surface area contributed by atoms with E-state index in [2.05, 4.69) is 42.7 Å². The molecule has 0 aliphatic rings. The molecule has 21 heavy (non-hydrogen) atoms. The zero-order valence-corrected chi connectivity index (χ0v) is 13.1. The fourth-order valence-corrected chi connectivity index (χ4v) is 2.44. The van der Waals surface area contributed by atoms with Crippen LogP contribution in [-0.2, 0) is 6.54 Å². The normalized spacial score (nSPS) is 10.3. The third-order valence-electron chi connectivity index (χ3n) is 3.77. The van der Waals surface area contributed by atoms with Crippen molar-refractivity contribution in [2.75, 3.05) is 12.4 Å². The van der Waals surface area contributed by atoms with Crippen LogP contribution >= 0.6 is 0 Å². The van der Waals surface area contributed by atoms with Crippen LogP contribution in [0.1, 0.15) is 32.6 Å². The first kappa shape index (κ1) is 15.1. The summed E-state index contributed by atoms with van der Waals surface area (Å²) in [6.07, 6.45) is 0. The first-order valence-electron chi connectivity index (χ1n) is 7.14. The van der Waals surface area contributed by atoms with Gasteiger partial charge in [-0.05, 0) is 49.6 Å². The molecule has 0 atom stereocenters. The quantitative estimate of drug-likeness (QED) is 0.900. The number of nitrogens with one attached hydrogen (secondary N) is 2. The molecule has 0 radical (unpaired) electrons. The summed E-state index contributed by atoms with van der Waals surface area (Å²) < 4.78 is 0. The Kier molecular flexibility index (Phi) is 4.63. The van der Waals surface area contributed by atoms with Gasteiger partial charge in [-0.1, -0.05) is 29.8 Å². The lowest BCUT2D eigenvalue weighted by atomic mass is 10.0. The largest absolute Gasteiger partial charge is 0.381 e. The molecule has 0 saturated heterocycles. The average Bonchev–Trinajstić information content (AvgIpc) is 2.47. The zero-order chi connectivity index (χ0) is 15.4. The van der Waals surface area contributed by atoms with Crippen molar-refractivity contribution in [1.29, 1.82) is 0 Å². The predicted molar refractivity (Wildman–Crippen MR) is 87.8 cm³/mol. The maximum Gasteiger partial charge on any atom is 0.251 e. The fraction of sp³-hybridized carbons (Fsp3) is 0.278. The summed E-state index contributed by atoms with van der Waals surface area (Å²) in [4.78, 5) is 11.8. The van der Waals surface area contributed by atoms with E-state index < -0.39 is 0 Å². The van der Waals surface area contributed by atoms with Crippen molar-refractivity contribution in [2.24, 2.45) is 0 Å². The van der Waals surface area contributed by atoms with Crippen LogP contribution in [0.5, 0.6) is 0 Å². The monoisotopic (exact) mass is 282 g/mol.